The number of aryl methyl sites for hydroxylation is 1. The fourth-order valence-electron chi connectivity index (χ4n) is 2.81. The van der Waals surface area contributed by atoms with Gasteiger partial charge in [0.05, 0.1) is 0 Å². The Morgan fingerprint density at radius 2 is 1.81 bits per heavy atom. The van der Waals surface area contributed by atoms with E-state index in [1.54, 1.807) is 0 Å². The first-order valence-electron chi connectivity index (χ1n) is 6.66. The molecule has 0 bridgehead atoms. The van der Waals surface area contributed by atoms with E-state index in [4.69, 9.17) is 5.73 Å². The Bertz CT molecular complexity index is 294. The van der Waals surface area contributed by atoms with Crippen molar-refractivity contribution in [2.45, 2.75) is 51.0 Å². The molecule has 0 spiro atoms. The molecule has 0 aliphatic heterocycles. The molecule has 0 radical (unpaired) electrons. The summed E-state index contributed by atoms with van der Waals surface area (Å²) < 4.78 is 0. The molecule has 0 aromatic heterocycles. The molecule has 1 nitrogen and oxygen atoms in total. The summed E-state index contributed by atoms with van der Waals surface area (Å²) in [5.41, 5.74) is 7.62. The Kier molecular flexibility index (Phi) is 4.41. The van der Waals surface area contributed by atoms with E-state index in [1.165, 1.54) is 50.5 Å². The van der Waals surface area contributed by atoms with Gasteiger partial charge in [-0.05, 0) is 43.6 Å². The van der Waals surface area contributed by atoms with Crippen LogP contribution in [-0.2, 0) is 6.42 Å². The lowest BCUT2D eigenvalue weighted by Gasteiger charge is -2.28. The molecule has 1 heteroatoms. The Morgan fingerprint density at radius 1 is 1.06 bits per heavy atom. The molecule has 2 atom stereocenters. The predicted octanol–water partition coefficient (Wildman–Crippen LogP) is 3.53. The van der Waals surface area contributed by atoms with Crippen LogP contribution in [0.5, 0.6) is 0 Å². The molecule has 2 N–H and O–H groups in total. The third kappa shape index (κ3) is 3.34. The van der Waals surface area contributed by atoms with Crippen LogP contribution in [0, 0.1) is 5.92 Å². The second-order valence-corrected chi connectivity index (χ2v) is 5.09. The minimum absolute atomic E-state index is 0.476. The van der Waals surface area contributed by atoms with E-state index < -0.39 is 0 Å². The van der Waals surface area contributed by atoms with Gasteiger partial charge >= 0.3 is 0 Å². The van der Waals surface area contributed by atoms with E-state index in [9.17, 15) is 0 Å². The van der Waals surface area contributed by atoms with Crippen molar-refractivity contribution in [3.8, 4) is 0 Å². The van der Waals surface area contributed by atoms with Gasteiger partial charge in [-0.25, -0.2) is 0 Å². The monoisotopic (exact) mass is 217 g/mol. The fourth-order valence-corrected chi connectivity index (χ4v) is 2.81. The number of rotatable bonds is 4. The average molecular weight is 217 g/mol. The number of hydrogen-bond acceptors (Lipinski definition) is 1. The maximum Gasteiger partial charge on any atom is 0.00671 e. The third-order valence-electron chi connectivity index (χ3n) is 3.85. The van der Waals surface area contributed by atoms with Gasteiger partial charge in [-0.3, -0.25) is 0 Å². The third-order valence-corrected chi connectivity index (χ3v) is 3.85. The van der Waals surface area contributed by atoms with E-state index in [0.29, 0.717) is 6.04 Å². The SMILES string of the molecule is NC1CCCCC1CCCc1ccccc1. The van der Waals surface area contributed by atoms with Gasteiger partial charge in [0.1, 0.15) is 0 Å². The second-order valence-electron chi connectivity index (χ2n) is 5.09. The highest BCUT2D eigenvalue weighted by molar-refractivity contribution is 5.14. The Hall–Kier alpha value is -0.820. The van der Waals surface area contributed by atoms with Gasteiger partial charge in [0, 0.05) is 6.04 Å². The molecular weight excluding hydrogens is 194 g/mol. The van der Waals surface area contributed by atoms with Gasteiger partial charge < -0.3 is 5.73 Å². The first kappa shape index (κ1) is 11.7. The molecule has 1 aliphatic carbocycles. The van der Waals surface area contributed by atoms with Gasteiger partial charge in [0.2, 0.25) is 0 Å². The molecule has 0 heterocycles. The summed E-state index contributed by atoms with van der Waals surface area (Å²) in [7, 11) is 0. The molecule has 2 rings (SSSR count). The molecule has 88 valence electrons. The van der Waals surface area contributed by atoms with Crippen molar-refractivity contribution in [2.75, 3.05) is 0 Å². The van der Waals surface area contributed by atoms with Gasteiger partial charge in [0.25, 0.3) is 0 Å². The molecule has 1 aromatic rings. The lowest BCUT2D eigenvalue weighted by molar-refractivity contribution is 0.287. The summed E-state index contributed by atoms with van der Waals surface area (Å²) in [5.74, 6) is 0.789. The highest BCUT2D eigenvalue weighted by Gasteiger charge is 2.20. The molecule has 16 heavy (non-hydrogen) atoms. The minimum Gasteiger partial charge on any atom is -0.327 e. The van der Waals surface area contributed by atoms with Crippen LogP contribution in [-0.4, -0.2) is 6.04 Å². The summed E-state index contributed by atoms with van der Waals surface area (Å²) in [6.45, 7) is 0. The average Bonchev–Trinajstić information content (AvgIpc) is 2.33. The summed E-state index contributed by atoms with van der Waals surface area (Å²) >= 11 is 0. The van der Waals surface area contributed by atoms with Crippen LogP contribution in [0.3, 0.4) is 0 Å². The van der Waals surface area contributed by atoms with Crippen LogP contribution < -0.4 is 5.73 Å². The lowest BCUT2D eigenvalue weighted by atomic mass is 9.82. The van der Waals surface area contributed by atoms with E-state index in [1.807, 2.05) is 0 Å². The molecular formula is C15H23N. The topological polar surface area (TPSA) is 26.0 Å². The smallest absolute Gasteiger partial charge is 0.00671 e. The molecule has 0 amide bonds. The molecule has 1 aliphatic rings. The zero-order valence-electron chi connectivity index (χ0n) is 10.1. The van der Waals surface area contributed by atoms with E-state index in [2.05, 4.69) is 30.3 Å². The first-order valence-corrected chi connectivity index (χ1v) is 6.66. The number of benzene rings is 1. The summed E-state index contributed by atoms with van der Waals surface area (Å²) in [6.07, 6.45) is 9.16. The van der Waals surface area contributed by atoms with Gasteiger partial charge in [-0.1, -0.05) is 43.2 Å². The van der Waals surface area contributed by atoms with E-state index in [0.717, 1.165) is 5.92 Å². The van der Waals surface area contributed by atoms with Crippen LogP contribution in [0.4, 0.5) is 0 Å². The largest absolute Gasteiger partial charge is 0.327 e. The zero-order chi connectivity index (χ0) is 11.2. The first-order chi connectivity index (χ1) is 7.86. The maximum absolute atomic E-state index is 6.16. The van der Waals surface area contributed by atoms with Gasteiger partial charge in [-0.15, -0.1) is 0 Å². The van der Waals surface area contributed by atoms with Crippen molar-refractivity contribution in [3.63, 3.8) is 0 Å². The maximum atomic E-state index is 6.16. The van der Waals surface area contributed by atoms with Crippen LogP contribution in [0.15, 0.2) is 30.3 Å². The van der Waals surface area contributed by atoms with Crippen LogP contribution in [0.25, 0.3) is 0 Å². The summed E-state index contributed by atoms with van der Waals surface area (Å²) in [4.78, 5) is 0. The molecule has 1 fully saturated rings. The van der Waals surface area contributed by atoms with E-state index in [-0.39, 0.29) is 0 Å². The van der Waals surface area contributed by atoms with Crippen molar-refractivity contribution in [2.24, 2.45) is 11.7 Å². The second kappa shape index (κ2) is 6.05. The normalized spacial score (nSPS) is 25.6. The van der Waals surface area contributed by atoms with Gasteiger partial charge in [0.15, 0.2) is 0 Å². The van der Waals surface area contributed by atoms with Crippen molar-refractivity contribution in [1.82, 2.24) is 0 Å². The van der Waals surface area contributed by atoms with Crippen molar-refractivity contribution < 1.29 is 0 Å². The van der Waals surface area contributed by atoms with Gasteiger partial charge in [-0.2, -0.15) is 0 Å². The highest BCUT2D eigenvalue weighted by atomic mass is 14.7. The Labute approximate surface area is 99.0 Å². The van der Waals surface area contributed by atoms with Crippen LogP contribution in [0.2, 0.25) is 0 Å². The predicted molar refractivity (Wildman–Crippen MR) is 69.3 cm³/mol. The van der Waals surface area contributed by atoms with Crippen molar-refractivity contribution in [3.05, 3.63) is 35.9 Å². The van der Waals surface area contributed by atoms with Crippen LogP contribution in [0.1, 0.15) is 44.1 Å². The van der Waals surface area contributed by atoms with E-state index >= 15 is 0 Å². The lowest BCUT2D eigenvalue weighted by Crippen LogP contribution is -2.32. The highest BCUT2D eigenvalue weighted by Crippen LogP contribution is 2.27. The zero-order valence-corrected chi connectivity index (χ0v) is 10.1. The minimum atomic E-state index is 0.476. The molecule has 0 saturated heterocycles. The Morgan fingerprint density at radius 3 is 2.56 bits per heavy atom. The van der Waals surface area contributed by atoms with Crippen molar-refractivity contribution in [1.29, 1.82) is 0 Å². The van der Waals surface area contributed by atoms with Crippen LogP contribution >= 0.6 is 0 Å². The molecule has 1 aromatic carbocycles. The quantitative estimate of drug-likeness (QED) is 0.820. The summed E-state index contributed by atoms with van der Waals surface area (Å²) in [5, 5.41) is 0. The fraction of sp³-hybridized carbons (Fsp3) is 0.600. The standard InChI is InChI=1S/C15H23N/c16-15-12-5-4-10-14(15)11-6-9-13-7-2-1-3-8-13/h1-3,7-8,14-15H,4-6,9-12,16H2. The molecule has 1 saturated carbocycles. The molecule has 2 unspecified atom stereocenters. The van der Waals surface area contributed by atoms with Crippen molar-refractivity contribution >= 4 is 0 Å². The summed E-state index contributed by atoms with van der Waals surface area (Å²) in [6, 6.07) is 11.3. The Balaban J connectivity index is 1.71. The number of nitrogens with two attached hydrogens (primary N) is 1. The number of hydrogen-bond donors (Lipinski definition) is 1.